The van der Waals surface area contributed by atoms with Gasteiger partial charge >= 0.3 is 0 Å². The van der Waals surface area contributed by atoms with Gasteiger partial charge in [0, 0.05) is 16.6 Å². The number of carbonyl (C=O) groups is 3. The standard InChI is InChI=1S/C26H32ClN5O3S/c1-14(30-18-9-17(27)13-29-22(18)23(28)33)20-6-7-21(36-20)25(35)31-19(8-15-4-2-3-5-15)24(34)32-26-10-16(11-26)12-26/h6-7,9,13-16,19,30H,2-5,8,10-12H2,1H3,(H2,28,33)(H,31,35)(H,32,34). The second-order valence-corrected chi connectivity index (χ2v) is 12.2. The van der Waals surface area contributed by atoms with E-state index in [0.717, 1.165) is 42.9 Å². The topological polar surface area (TPSA) is 126 Å². The van der Waals surface area contributed by atoms with Gasteiger partial charge in [0.15, 0.2) is 5.69 Å². The highest BCUT2D eigenvalue weighted by Gasteiger charge is 2.57. The number of anilines is 1. The van der Waals surface area contributed by atoms with Gasteiger partial charge in [-0.05, 0) is 62.6 Å². The van der Waals surface area contributed by atoms with Crippen molar-refractivity contribution in [2.24, 2.45) is 17.6 Å². The molecule has 0 aliphatic heterocycles. The number of nitrogens with two attached hydrogens (primary N) is 1. The van der Waals surface area contributed by atoms with Crippen LogP contribution in [0.2, 0.25) is 5.02 Å². The van der Waals surface area contributed by atoms with Gasteiger partial charge in [0.25, 0.3) is 11.8 Å². The molecule has 2 aromatic heterocycles. The molecule has 10 heteroatoms. The van der Waals surface area contributed by atoms with E-state index in [1.165, 1.54) is 30.4 Å². The Bertz CT molecular complexity index is 1160. The number of hydrogen-bond donors (Lipinski definition) is 4. The highest BCUT2D eigenvalue weighted by molar-refractivity contribution is 7.14. The van der Waals surface area contributed by atoms with Crippen molar-refractivity contribution in [2.75, 3.05) is 5.32 Å². The lowest BCUT2D eigenvalue weighted by molar-refractivity contribution is -0.135. The zero-order valence-corrected chi connectivity index (χ0v) is 21.9. The first-order valence-electron chi connectivity index (χ1n) is 12.7. The van der Waals surface area contributed by atoms with Crippen molar-refractivity contribution in [1.29, 1.82) is 0 Å². The van der Waals surface area contributed by atoms with Crippen molar-refractivity contribution >= 4 is 46.3 Å². The Kier molecular flexibility index (Phi) is 6.96. The molecule has 0 radical (unpaired) electrons. The van der Waals surface area contributed by atoms with E-state index in [9.17, 15) is 14.4 Å². The number of carbonyl (C=O) groups excluding carboxylic acids is 3. The van der Waals surface area contributed by atoms with Crippen molar-refractivity contribution in [3.63, 3.8) is 0 Å². The van der Waals surface area contributed by atoms with Gasteiger partial charge in [-0.25, -0.2) is 4.98 Å². The predicted molar refractivity (Wildman–Crippen MR) is 140 cm³/mol. The van der Waals surface area contributed by atoms with E-state index in [2.05, 4.69) is 20.9 Å². The molecular weight excluding hydrogens is 498 g/mol. The molecule has 2 atom stereocenters. The molecule has 2 aromatic rings. The number of thiophene rings is 1. The zero-order chi connectivity index (χ0) is 25.4. The molecule has 2 bridgehead atoms. The van der Waals surface area contributed by atoms with Crippen LogP contribution in [0, 0.1) is 11.8 Å². The third-order valence-electron chi connectivity index (χ3n) is 7.83. The monoisotopic (exact) mass is 529 g/mol. The van der Waals surface area contributed by atoms with E-state index >= 15 is 0 Å². The van der Waals surface area contributed by atoms with Crippen molar-refractivity contribution < 1.29 is 14.4 Å². The summed E-state index contributed by atoms with van der Waals surface area (Å²) in [4.78, 5) is 43.5. The lowest BCUT2D eigenvalue weighted by atomic mass is 9.50. The largest absolute Gasteiger partial charge is 0.376 e. The van der Waals surface area contributed by atoms with Gasteiger partial charge in [-0.2, -0.15) is 0 Å². The molecule has 4 fully saturated rings. The summed E-state index contributed by atoms with van der Waals surface area (Å²) >= 11 is 7.39. The van der Waals surface area contributed by atoms with E-state index in [4.69, 9.17) is 17.3 Å². The number of primary amides is 1. The average Bonchev–Trinajstić information content (AvgIpc) is 3.47. The van der Waals surface area contributed by atoms with Gasteiger partial charge in [-0.1, -0.05) is 37.3 Å². The lowest BCUT2D eigenvalue weighted by Gasteiger charge is -2.62. The maximum absolute atomic E-state index is 13.2. The van der Waals surface area contributed by atoms with Gasteiger partial charge in [-0.3, -0.25) is 14.4 Å². The number of hydrogen-bond acceptors (Lipinski definition) is 6. The van der Waals surface area contributed by atoms with Gasteiger partial charge in [0.1, 0.15) is 6.04 Å². The molecule has 8 nitrogen and oxygen atoms in total. The molecule has 36 heavy (non-hydrogen) atoms. The van der Waals surface area contributed by atoms with Gasteiger partial charge in [-0.15, -0.1) is 11.3 Å². The number of amides is 3. The SMILES string of the molecule is CC(Nc1cc(Cl)cnc1C(N)=O)c1ccc(C(=O)NC(CC2CCCC2)C(=O)NC23CC(C2)C3)s1. The van der Waals surface area contributed by atoms with Gasteiger partial charge in [0.05, 0.1) is 21.6 Å². The van der Waals surface area contributed by atoms with E-state index < -0.39 is 11.9 Å². The van der Waals surface area contributed by atoms with Crippen molar-refractivity contribution in [3.05, 3.63) is 44.9 Å². The smallest absolute Gasteiger partial charge is 0.269 e. The molecular formula is C26H32ClN5O3S. The van der Waals surface area contributed by atoms with Crippen molar-refractivity contribution in [3.8, 4) is 0 Å². The van der Waals surface area contributed by atoms with Crippen LogP contribution in [-0.4, -0.2) is 34.3 Å². The predicted octanol–water partition coefficient (Wildman–Crippen LogP) is 4.42. The number of nitrogens with one attached hydrogen (secondary N) is 3. The first kappa shape index (κ1) is 25.0. The van der Waals surface area contributed by atoms with Crippen LogP contribution in [0.4, 0.5) is 5.69 Å². The highest BCUT2D eigenvalue weighted by atomic mass is 35.5. The fourth-order valence-corrected chi connectivity index (χ4v) is 6.85. The fraction of sp³-hybridized carbons (Fsp3) is 0.538. The minimum atomic E-state index is -0.655. The van der Waals surface area contributed by atoms with E-state index in [1.54, 1.807) is 12.1 Å². The maximum Gasteiger partial charge on any atom is 0.269 e. The maximum atomic E-state index is 13.2. The van der Waals surface area contributed by atoms with Crippen LogP contribution >= 0.6 is 22.9 Å². The number of rotatable bonds is 10. The first-order valence-corrected chi connectivity index (χ1v) is 13.9. The van der Waals surface area contributed by atoms with Gasteiger partial charge in [0.2, 0.25) is 5.91 Å². The third-order valence-corrected chi connectivity index (χ3v) is 9.30. The molecule has 2 heterocycles. The Balaban J connectivity index is 1.25. The number of pyridine rings is 1. The summed E-state index contributed by atoms with van der Waals surface area (Å²) in [6.07, 6.45) is 9.89. The van der Waals surface area contributed by atoms with Crippen LogP contribution in [0.1, 0.15) is 89.4 Å². The van der Waals surface area contributed by atoms with Gasteiger partial charge < -0.3 is 21.7 Å². The Morgan fingerprint density at radius 1 is 1.22 bits per heavy atom. The summed E-state index contributed by atoms with van der Waals surface area (Å²) in [6, 6.07) is 4.49. The molecule has 2 unspecified atom stereocenters. The Morgan fingerprint density at radius 2 is 1.94 bits per heavy atom. The minimum absolute atomic E-state index is 0.0173. The number of nitrogens with zero attached hydrogens (tertiary/aromatic N) is 1. The van der Waals surface area contributed by atoms with Crippen LogP contribution in [-0.2, 0) is 4.79 Å². The number of halogens is 1. The summed E-state index contributed by atoms with van der Waals surface area (Å²) < 4.78 is 0. The molecule has 3 amide bonds. The highest BCUT2D eigenvalue weighted by Crippen LogP contribution is 2.57. The number of aromatic nitrogens is 1. The molecule has 4 saturated carbocycles. The molecule has 4 aliphatic carbocycles. The summed E-state index contributed by atoms with van der Waals surface area (Å²) in [7, 11) is 0. The molecule has 0 saturated heterocycles. The van der Waals surface area contributed by atoms with Crippen molar-refractivity contribution in [1.82, 2.24) is 15.6 Å². The van der Waals surface area contributed by atoms with Crippen LogP contribution in [0.3, 0.4) is 0 Å². The summed E-state index contributed by atoms with van der Waals surface area (Å²) in [5.74, 6) is 0.306. The van der Waals surface area contributed by atoms with Crippen LogP contribution in [0.15, 0.2) is 24.4 Å². The quantitative estimate of drug-likeness (QED) is 0.362. The van der Waals surface area contributed by atoms with Crippen LogP contribution < -0.4 is 21.7 Å². The molecule has 0 aromatic carbocycles. The minimum Gasteiger partial charge on any atom is -0.376 e. The molecule has 4 aliphatic rings. The zero-order valence-electron chi connectivity index (χ0n) is 20.3. The summed E-state index contributed by atoms with van der Waals surface area (Å²) in [5, 5.41) is 9.88. The van der Waals surface area contributed by atoms with Crippen molar-refractivity contribution in [2.45, 2.75) is 75.9 Å². The summed E-state index contributed by atoms with van der Waals surface area (Å²) in [6.45, 7) is 1.92. The Hall–Kier alpha value is -2.65. The summed E-state index contributed by atoms with van der Waals surface area (Å²) in [5.41, 5.74) is 5.96. The van der Waals surface area contributed by atoms with Crippen LogP contribution in [0.25, 0.3) is 0 Å². The Labute approximate surface area is 219 Å². The molecule has 0 spiro atoms. The second kappa shape index (κ2) is 10.0. The Morgan fingerprint density at radius 3 is 2.58 bits per heavy atom. The fourth-order valence-electron chi connectivity index (χ4n) is 5.78. The third kappa shape index (κ3) is 5.22. The second-order valence-electron chi connectivity index (χ2n) is 10.6. The average molecular weight is 530 g/mol. The molecule has 192 valence electrons. The van der Waals surface area contributed by atoms with Crippen LogP contribution in [0.5, 0.6) is 0 Å². The van der Waals surface area contributed by atoms with E-state index in [-0.39, 0.29) is 29.1 Å². The lowest BCUT2D eigenvalue weighted by Crippen LogP contribution is -2.70. The molecule has 6 rings (SSSR count). The first-order chi connectivity index (χ1) is 17.2. The van der Waals surface area contributed by atoms with E-state index in [0.29, 0.717) is 27.9 Å². The normalized spacial score (nSPS) is 24.2. The van der Waals surface area contributed by atoms with E-state index in [1.807, 2.05) is 13.0 Å². The molecule has 5 N–H and O–H groups in total.